The van der Waals surface area contributed by atoms with Crippen LogP contribution in [0.25, 0.3) is 0 Å². The lowest BCUT2D eigenvalue weighted by atomic mass is 10.2. The Kier molecular flexibility index (Phi) is 5.87. The predicted molar refractivity (Wildman–Crippen MR) is 59.6 cm³/mol. The molecule has 0 aliphatic heterocycles. The zero-order valence-corrected chi connectivity index (χ0v) is 8.15. The van der Waals surface area contributed by atoms with Crippen LogP contribution in [0.1, 0.15) is 32.1 Å². The van der Waals surface area contributed by atoms with Crippen LogP contribution in [0.5, 0.6) is 0 Å². The molecular formula is C13H18. The number of rotatable bonds is 0. The molecule has 0 spiro atoms. The molecule has 0 atom stereocenters. The minimum atomic E-state index is 1.09. The molecule has 1 rings (SSSR count). The third kappa shape index (κ3) is 6.15. The van der Waals surface area contributed by atoms with Crippen LogP contribution < -0.4 is 0 Å². The number of hydrogen-bond donors (Lipinski definition) is 0. The highest BCUT2D eigenvalue weighted by molar-refractivity contribution is 5.04. The van der Waals surface area contributed by atoms with E-state index in [-0.39, 0.29) is 0 Å². The average Bonchev–Trinajstić information content (AvgIpc) is 2.18. The molecule has 0 aromatic heterocycles. The molecule has 1 aliphatic rings. The van der Waals surface area contributed by atoms with Gasteiger partial charge >= 0.3 is 0 Å². The minimum absolute atomic E-state index is 1.09. The van der Waals surface area contributed by atoms with E-state index in [1.54, 1.807) is 0 Å². The molecule has 0 bridgehead atoms. The van der Waals surface area contributed by atoms with E-state index in [2.05, 4.69) is 48.6 Å². The highest BCUT2D eigenvalue weighted by Gasteiger charge is 1.79. The summed E-state index contributed by atoms with van der Waals surface area (Å²) in [7, 11) is 0. The summed E-state index contributed by atoms with van der Waals surface area (Å²) in [5.74, 6) is 0. The van der Waals surface area contributed by atoms with Gasteiger partial charge in [-0.1, -0.05) is 48.6 Å². The summed E-state index contributed by atoms with van der Waals surface area (Å²) in [5, 5.41) is 0. The molecule has 0 aromatic rings. The molecule has 0 saturated heterocycles. The van der Waals surface area contributed by atoms with Crippen molar-refractivity contribution in [3.63, 3.8) is 0 Å². The average molecular weight is 174 g/mol. The van der Waals surface area contributed by atoms with Crippen molar-refractivity contribution in [2.24, 2.45) is 0 Å². The van der Waals surface area contributed by atoms with E-state index in [1.165, 1.54) is 0 Å². The fourth-order valence-corrected chi connectivity index (χ4v) is 1.24. The molecule has 0 unspecified atom stereocenters. The van der Waals surface area contributed by atoms with E-state index >= 15 is 0 Å². The summed E-state index contributed by atoms with van der Waals surface area (Å²) in [5.41, 5.74) is 0. The van der Waals surface area contributed by atoms with E-state index in [4.69, 9.17) is 0 Å². The van der Waals surface area contributed by atoms with Crippen molar-refractivity contribution in [2.75, 3.05) is 0 Å². The first kappa shape index (κ1) is 10.0. The largest absolute Gasteiger partial charge is 0.0879 e. The molecule has 0 saturated carbocycles. The highest BCUT2D eigenvalue weighted by atomic mass is 13.9. The minimum Gasteiger partial charge on any atom is -0.0879 e. The smallest absolute Gasteiger partial charge is 0.0169 e. The van der Waals surface area contributed by atoms with Gasteiger partial charge in [-0.05, 0) is 32.1 Å². The van der Waals surface area contributed by atoms with Crippen LogP contribution in [-0.2, 0) is 0 Å². The van der Waals surface area contributed by atoms with Crippen LogP contribution in [-0.4, -0.2) is 0 Å². The van der Waals surface area contributed by atoms with Gasteiger partial charge in [0.15, 0.2) is 0 Å². The number of hydrogen-bond acceptors (Lipinski definition) is 0. The lowest BCUT2D eigenvalue weighted by molar-refractivity contribution is 1.04. The van der Waals surface area contributed by atoms with Gasteiger partial charge in [-0.2, -0.15) is 0 Å². The van der Waals surface area contributed by atoms with Gasteiger partial charge in [-0.15, -0.1) is 0 Å². The van der Waals surface area contributed by atoms with Crippen LogP contribution >= 0.6 is 0 Å². The third-order valence-corrected chi connectivity index (χ3v) is 1.99. The zero-order valence-electron chi connectivity index (χ0n) is 8.15. The van der Waals surface area contributed by atoms with Gasteiger partial charge in [-0.25, -0.2) is 0 Å². The molecule has 0 aromatic carbocycles. The quantitative estimate of drug-likeness (QED) is 0.483. The van der Waals surface area contributed by atoms with Crippen LogP contribution in [0.15, 0.2) is 48.6 Å². The Bertz CT molecular complexity index is 192. The molecular weight excluding hydrogens is 156 g/mol. The Morgan fingerprint density at radius 3 is 1.46 bits per heavy atom. The first-order valence-corrected chi connectivity index (χ1v) is 5.12. The first-order chi connectivity index (χ1) is 6.50. The fraction of sp³-hybridized carbons (Fsp3) is 0.385. The SMILES string of the molecule is C1=C\CC/C=C\C/C=C\CC\C=C/1. The van der Waals surface area contributed by atoms with Gasteiger partial charge in [0.2, 0.25) is 0 Å². The second kappa shape index (κ2) is 7.60. The summed E-state index contributed by atoms with van der Waals surface area (Å²) < 4.78 is 0. The molecule has 0 heteroatoms. The van der Waals surface area contributed by atoms with Crippen molar-refractivity contribution >= 4 is 0 Å². The molecule has 0 amide bonds. The molecule has 70 valence electrons. The van der Waals surface area contributed by atoms with Crippen LogP contribution in [0.3, 0.4) is 0 Å². The van der Waals surface area contributed by atoms with E-state index in [0.29, 0.717) is 0 Å². The standard InChI is InChI=1S/C13H18/c1-2-4-6-8-10-12-13-11-9-7-5-3-1/h1-4,9-12H,5-8,13H2/b3-1-,4-2-,11-9-,12-10-. The summed E-state index contributed by atoms with van der Waals surface area (Å²) in [6, 6.07) is 0. The van der Waals surface area contributed by atoms with Gasteiger partial charge in [0, 0.05) is 0 Å². The number of allylic oxidation sites excluding steroid dienone is 8. The second-order valence-corrected chi connectivity index (χ2v) is 3.19. The maximum absolute atomic E-state index is 2.26. The van der Waals surface area contributed by atoms with Crippen molar-refractivity contribution in [2.45, 2.75) is 32.1 Å². The van der Waals surface area contributed by atoms with Crippen molar-refractivity contribution in [3.8, 4) is 0 Å². The lowest BCUT2D eigenvalue weighted by Gasteiger charge is -1.85. The van der Waals surface area contributed by atoms with Crippen molar-refractivity contribution in [3.05, 3.63) is 48.6 Å². The Labute approximate surface area is 81.4 Å². The van der Waals surface area contributed by atoms with E-state index in [1.807, 2.05) is 0 Å². The third-order valence-electron chi connectivity index (χ3n) is 1.99. The first-order valence-electron chi connectivity index (χ1n) is 5.12. The van der Waals surface area contributed by atoms with Crippen LogP contribution in [0.4, 0.5) is 0 Å². The maximum atomic E-state index is 2.26. The molecule has 1 aliphatic carbocycles. The van der Waals surface area contributed by atoms with Gasteiger partial charge in [0.1, 0.15) is 0 Å². The fourth-order valence-electron chi connectivity index (χ4n) is 1.24. The highest BCUT2D eigenvalue weighted by Crippen LogP contribution is 1.99. The molecule has 0 radical (unpaired) electrons. The zero-order chi connectivity index (χ0) is 9.19. The Hall–Kier alpha value is -1.04. The second-order valence-electron chi connectivity index (χ2n) is 3.19. The normalized spacial score (nSPS) is 28.9. The van der Waals surface area contributed by atoms with Crippen molar-refractivity contribution in [1.29, 1.82) is 0 Å². The van der Waals surface area contributed by atoms with E-state index in [0.717, 1.165) is 32.1 Å². The Balaban J connectivity index is 2.38. The molecule has 0 nitrogen and oxygen atoms in total. The van der Waals surface area contributed by atoms with Crippen LogP contribution in [0, 0.1) is 0 Å². The summed E-state index contributed by atoms with van der Waals surface area (Å²) in [6.45, 7) is 0. The summed E-state index contributed by atoms with van der Waals surface area (Å²) >= 11 is 0. The maximum Gasteiger partial charge on any atom is -0.0169 e. The van der Waals surface area contributed by atoms with Crippen molar-refractivity contribution in [1.82, 2.24) is 0 Å². The molecule has 13 heavy (non-hydrogen) atoms. The van der Waals surface area contributed by atoms with E-state index in [9.17, 15) is 0 Å². The van der Waals surface area contributed by atoms with E-state index < -0.39 is 0 Å². The lowest BCUT2D eigenvalue weighted by Crippen LogP contribution is -1.64. The van der Waals surface area contributed by atoms with Crippen LogP contribution in [0.2, 0.25) is 0 Å². The Morgan fingerprint density at radius 2 is 0.923 bits per heavy atom. The van der Waals surface area contributed by atoms with Gasteiger partial charge in [0.05, 0.1) is 0 Å². The van der Waals surface area contributed by atoms with Gasteiger partial charge in [-0.3, -0.25) is 0 Å². The molecule has 0 fully saturated rings. The van der Waals surface area contributed by atoms with Crippen molar-refractivity contribution < 1.29 is 0 Å². The summed E-state index contributed by atoms with van der Waals surface area (Å²) in [4.78, 5) is 0. The Morgan fingerprint density at radius 1 is 0.462 bits per heavy atom. The molecule has 0 N–H and O–H groups in total. The molecule has 0 heterocycles. The topological polar surface area (TPSA) is 0 Å². The van der Waals surface area contributed by atoms with Gasteiger partial charge in [0.25, 0.3) is 0 Å². The monoisotopic (exact) mass is 174 g/mol. The summed E-state index contributed by atoms with van der Waals surface area (Å²) in [6.07, 6.45) is 23.5. The predicted octanol–water partition coefficient (Wildman–Crippen LogP) is 4.18. The van der Waals surface area contributed by atoms with Gasteiger partial charge < -0.3 is 0 Å².